The van der Waals surface area contributed by atoms with E-state index in [0.717, 1.165) is 18.4 Å². The molecule has 3 aliphatic rings. The molecule has 2 aromatic carbocycles. The molecular weight excluding hydrogens is 646 g/mol. The molecule has 9 nitrogen and oxygen atoms in total. The Morgan fingerprint density at radius 3 is 2.29 bits per heavy atom. The van der Waals surface area contributed by atoms with Gasteiger partial charge >= 0.3 is 7.12 Å². The van der Waals surface area contributed by atoms with E-state index in [1.807, 2.05) is 70.2 Å². The number of fused-ring (bicyclic) bond motifs is 1. The molecule has 1 saturated carbocycles. The largest absolute Gasteiger partial charge is 0.458 e. The third-order valence-electron chi connectivity index (χ3n) is 10.3. The van der Waals surface area contributed by atoms with Gasteiger partial charge in [-0.3, -0.25) is 4.79 Å². The molecule has 0 bridgehead atoms. The van der Waals surface area contributed by atoms with Crippen LogP contribution in [0.15, 0.2) is 59.0 Å². The van der Waals surface area contributed by atoms with Crippen molar-refractivity contribution in [3.63, 3.8) is 0 Å². The minimum absolute atomic E-state index is 0.166. The molecule has 3 unspecified atom stereocenters. The first kappa shape index (κ1) is 35.5. The summed E-state index contributed by atoms with van der Waals surface area (Å²) in [6.07, 6.45) is 7.42. The lowest BCUT2D eigenvalue weighted by Gasteiger charge is -2.36. The lowest BCUT2D eigenvalue weighted by atomic mass is 9.77. The van der Waals surface area contributed by atoms with E-state index in [1.54, 1.807) is 23.5 Å². The number of halogens is 1. The number of nitrogens with one attached hydrogen (secondary N) is 1. The van der Waals surface area contributed by atoms with Crippen molar-refractivity contribution in [2.45, 2.75) is 70.7 Å². The van der Waals surface area contributed by atoms with Crippen molar-refractivity contribution < 1.29 is 36.1 Å². The summed E-state index contributed by atoms with van der Waals surface area (Å²) >= 11 is 0. The van der Waals surface area contributed by atoms with Gasteiger partial charge in [-0.15, -0.1) is 0 Å². The second-order valence-corrected chi connectivity index (χ2v) is 16.5. The third kappa shape index (κ3) is 7.73. The highest BCUT2D eigenvalue weighted by Crippen LogP contribution is 2.43. The molecule has 2 fully saturated rings. The average Bonchev–Trinajstić information content (AvgIpc) is 3.78. The van der Waals surface area contributed by atoms with Gasteiger partial charge in [0.15, 0.2) is 0 Å². The molecule has 0 radical (unpaired) electrons. The number of amides is 1. The summed E-state index contributed by atoms with van der Waals surface area (Å²) in [4.78, 5) is 13.3. The summed E-state index contributed by atoms with van der Waals surface area (Å²) in [5.74, 6) is -0.634. The summed E-state index contributed by atoms with van der Waals surface area (Å²) in [5, 5.41) is 3.33. The lowest BCUT2D eigenvalue weighted by Crippen LogP contribution is -2.50. The maximum absolute atomic E-state index is 13.8. The number of carbonyl (C=O) groups excluding carboxylic acids is 1. The zero-order valence-electron chi connectivity index (χ0n) is 29.1. The molecule has 1 saturated heterocycles. The Morgan fingerprint density at radius 2 is 1.69 bits per heavy atom. The standard InChI is InChI=1S/C37H46BFN2O7S/c1-36(2)37(3,4)48-38(47-36)20-25(23-45-22-24-10-8-7-9-11-24)21-41(49(6,43)44)31-19-32-30(18-29(31)26-12-13-26)33(35(42)40-5)34(46-32)27-14-16-28(39)17-15-27/h7-11,14-19,25-26,29,31H,12-13,20-23H2,1-6H3,(H,40,42). The van der Waals surface area contributed by atoms with Crippen molar-refractivity contribution in [1.29, 1.82) is 0 Å². The van der Waals surface area contributed by atoms with Crippen LogP contribution in [-0.4, -0.2) is 69.4 Å². The minimum Gasteiger partial charge on any atom is -0.456 e. The fraction of sp³-hybridized carbons (Fsp3) is 0.486. The summed E-state index contributed by atoms with van der Waals surface area (Å²) in [6, 6.07) is 15.1. The Labute approximate surface area is 288 Å². The van der Waals surface area contributed by atoms with Crippen LogP contribution in [0.3, 0.4) is 0 Å². The van der Waals surface area contributed by atoms with E-state index in [2.05, 4.69) is 5.32 Å². The number of carbonyl (C=O) groups is 1. The maximum Gasteiger partial charge on any atom is 0.458 e. The van der Waals surface area contributed by atoms with Gasteiger partial charge in [0.1, 0.15) is 17.0 Å². The second-order valence-electron chi connectivity index (χ2n) is 14.5. The van der Waals surface area contributed by atoms with Gasteiger partial charge in [-0.25, -0.2) is 12.8 Å². The Kier molecular flexibility index (Phi) is 10.0. The van der Waals surface area contributed by atoms with Crippen molar-refractivity contribution in [2.75, 3.05) is 26.5 Å². The number of hydrogen-bond donors (Lipinski definition) is 1. The molecule has 2 aliphatic carbocycles. The van der Waals surface area contributed by atoms with Crippen LogP contribution in [0.25, 0.3) is 23.5 Å². The third-order valence-corrected chi connectivity index (χ3v) is 11.5. The van der Waals surface area contributed by atoms with E-state index in [-0.39, 0.29) is 36.8 Å². The van der Waals surface area contributed by atoms with E-state index < -0.39 is 40.2 Å². The smallest absolute Gasteiger partial charge is 0.456 e. The Balaban J connectivity index is 1.36. The minimum atomic E-state index is -3.76. The van der Waals surface area contributed by atoms with Crippen LogP contribution in [0.1, 0.15) is 56.5 Å². The van der Waals surface area contributed by atoms with Crippen molar-refractivity contribution in [3.8, 4) is 11.3 Å². The number of nitrogens with zero attached hydrogens (tertiary/aromatic N) is 1. The molecule has 262 valence electrons. The van der Waals surface area contributed by atoms with Crippen LogP contribution in [0, 0.1) is 23.6 Å². The second kappa shape index (κ2) is 13.8. The van der Waals surface area contributed by atoms with Gasteiger partial charge in [0.25, 0.3) is 5.91 Å². The molecule has 6 rings (SSSR count). The average molecular weight is 693 g/mol. The van der Waals surface area contributed by atoms with Crippen LogP contribution in [0.2, 0.25) is 6.32 Å². The van der Waals surface area contributed by atoms with Gasteiger partial charge in [-0.2, -0.15) is 4.31 Å². The fourth-order valence-corrected chi connectivity index (χ4v) is 7.94. The summed E-state index contributed by atoms with van der Waals surface area (Å²) in [7, 11) is -2.74. The molecule has 12 heteroatoms. The fourth-order valence-electron chi connectivity index (χ4n) is 6.81. The molecule has 3 aromatic rings. The Hall–Kier alpha value is -3.29. The van der Waals surface area contributed by atoms with Crippen molar-refractivity contribution in [3.05, 3.63) is 82.2 Å². The van der Waals surface area contributed by atoms with Gasteiger partial charge in [0.05, 0.1) is 42.3 Å². The first-order valence-electron chi connectivity index (χ1n) is 17.0. The molecule has 1 aliphatic heterocycles. The van der Waals surface area contributed by atoms with Crippen molar-refractivity contribution in [1.82, 2.24) is 9.62 Å². The highest BCUT2D eigenvalue weighted by atomic mass is 32.2. The van der Waals surface area contributed by atoms with Gasteiger partial charge in [0.2, 0.25) is 10.0 Å². The van der Waals surface area contributed by atoms with E-state index >= 15 is 0 Å². The first-order valence-corrected chi connectivity index (χ1v) is 18.8. The SMILES string of the molecule is CNC(=O)c1c(-c2ccc(F)cc2)oc2c1=CC(C1CC1)C(N(CC(COCc1ccccc1)CB1OC(C)(C)C(C)(C)O1)S(C)(=O)=O)C=2. The number of ether oxygens (including phenoxy) is 1. The van der Waals surface area contributed by atoms with Crippen LogP contribution in [0.5, 0.6) is 0 Å². The molecule has 49 heavy (non-hydrogen) atoms. The van der Waals surface area contributed by atoms with E-state index in [9.17, 15) is 17.6 Å². The first-order chi connectivity index (χ1) is 23.2. The topological polar surface area (TPSA) is 107 Å². The van der Waals surface area contributed by atoms with Crippen LogP contribution in [0.4, 0.5) is 4.39 Å². The number of benzene rings is 2. The molecular formula is C37H46BFN2O7S. The lowest BCUT2D eigenvalue weighted by molar-refractivity contribution is 0.00578. The number of sulfonamides is 1. The van der Waals surface area contributed by atoms with Crippen LogP contribution < -0.4 is 16.0 Å². The zero-order valence-corrected chi connectivity index (χ0v) is 29.9. The predicted molar refractivity (Wildman–Crippen MR) is 188 cm³/mol. The van der Waals surface area contributed by atoms with Gasteiger partial charge < -0.3 is 23.8 Å². The van der Waals surface area contributed by atoms with Crippen molar-refractivity contribution >= 4 is 35.2 Å². The molecule has 1 amide bonds. The number of furan rings is 1. The monoisotopic (exact) mass is 692 g/mol. The Bertz CT molecular complexity index is 1880. The van der Waals surface area contributed by atoms with Gasteiger partial charge in [-0.05, 0) is 94.6 Å². The summed E-state index contributed by atoms with van der Waals surface area (Å²) in [5.41, 5.74) is 1.27. The molecule has 2 heterocycles. The van der Waals surface area contributed by atoms with Crippen molar-refractivity contribution in [2.24, 2.45) is 17.8 Å². The zero-order chi connectivity index (χ0) is 35.1. The van der Waals surface area contributed by atoms with Crippen LogP contribution in [-0.2, 0) is 30.7 Å². The molecule has 1 N–H and O–H groups in total. The molecule has 0 spiro atoms. The van der Waals surface area contributed by atoms with E-state index in [1.165, 1.54) is 18.4 Å². The normalized spacial score (nSPS) is 21.9. The quantitative estimate of drug-likeness (QED) is 0.261. The molecule has 3 atom stereocenters. The maximum atomic E-state index is 13.8. The van der Waals surface area contributed by atoms with E-state index in [4.69, 9.17) is 18.5 Å². The summed E-state index contributed by atoms with van der Waals surface area (Å²) < 4.78 is 68.1. The summed E-state index contributed by atoms with van der Waals surface area (Å²) in [6.45, 7) is 8.83. The number of rotatable bonds is 13. The Morgan fingerprint density at radius 1 is 1.04 bits per heavy atom. The predicted octanol–water partition coefficient (Wildman–Crippen LogP) is 4.60. The number of hydrogen-bond acceptors (Lipinski definition) is 7. The van der Waals surface area contributed by atoms with Gasteiger partial charge in [0, 0.05) is 30.3 Å². The van der Waals surface area contributed by atoms with E-state index in [0.29, 0.717) is 40.4 Å². The highest BCUT2D eigenvalue weighted by molar-refractivity contribution is 7.88. The highest BCUT2D eigenvalue weighted by Gasteiger charge is 2.52. The molecule has 1 aromatic heterocycles. The van der Waals surface area contributed by atoms with Gasteiger partial charge in [-0.1, -0.05) is 36.4 Å². The van der Waals surface area contributed by atoms with Crippen LogP contribution >= 0.6 is 0 Å².